The van der Waals surface area contributed by atoms with Gasteiger partial charge < -0.3 is 20.2 Å². The Labute approximate surface area is 194 Å². The number of benzene rings is 2. The predicted molar refractivity (Wildman–Crippen MR) is 121 cm³/mol. The first-order valence-corrected chi connectivity index (χ1v) is 11.5. The van der Waals surface area contributed by atoms with Crippen LogP contribution in [0, 0.1) is 5.82 Å². The summed E-state index contributed by atoms with van der Waals surface area (Å²) in [4.78, 5) is 16.9. The SMILES string of the molecule is Nn1c(SCC(=O)N2CCN(Cc3ccc4c(c3)OCO4)CC2)nnc1-c1ccccc1F. The number of amides is 1. The van der Waals surface area contributed by atoms with Crippen LogP contribution in [0.15, 0.2) is 47.6 Å². The molecule has 2 N–H and O–H groups in total. The van der Waals surface area contributed by atoms with Crippen molar-refractivity contribution in [3.8, 4) is 22.9 Å². The molecule has 1 amide bonds. The summed E-state index contributed by atoms with van der Waals surface area (Å²) in [5, 5.41) is 8.37. The van der Waals surface area contributed by atoms with E-state index in [-0.39, 0.29) is 29.8 Å². The third kappa shape index (κ3) is 4.60. The Bertz CT molecular complexity index is 1160. The van der Waals surface area contributed by atoms with Crippen LogP contribution in [0.2, 0.25) is 0 Å². The van der Waals surface area contributed by atoms with Gasteiger partial charge in [0.05, 0.1) is 11.3 Å². The number of carbonyl (C=O) groups is 1. The van der Waals surface area contributed by atoms with Crippen molar-refractivity contribution in [2.24, 2.45) is 0 Å². The predicted octanol–water partition coefficient (Wildman–Crippen LogP) is 1.96. The number of halogens is 1. The maximum Gasteiger partial charge on any atom is 0.233 e. The monoisotopic (exact) mass is 470 g/mol. The number of nitrogen functional groups attached to an aromatic ring is 1. The first-order valence-electron chi connectivity index (χ1n) is 10.6. The minimum absolute atomic E-state index is 0.0122. The number of thioether (sulfide) groups is 1. The summed E-state index contributed by atoms with van der Waals surface area (Å²) >= 11 is 1.20. The summed E-state index contributed by atoms with van der Waals surface area (Å²) in [6, 6.07) is 12.2. The molecule has 5 rings (SSSR count). The zero-order valence-corrected chi connectivity index (χ0v) is 18.6. The van der Waals surface area contributed by atoms with Gasteiger partial charge in [0, 0.05) is 32.7 Å². The Balaban J connectivity index is 1.12. The van der Waals surface area contributed by atoms with Crippen LogP contribution < -0.4 is 15.3 Å². The van der Waals surface area contributed by atoms with Crippen molar-refractivity contribution in [2.75, 3.05) is 44.6 Å². The summed E-state index contributed by atoms with van der Waals surface area (Å²) in [6.45, 7) is 3.94. The Hall–Kier alpha value is -3.31. The molecular weight excluding hydrogens is 447 g/mol. The first-order chi connectivity index (χ1) is 16.1. The first kappa shape index (κ1) is 21.5. The number of hydrogen-bond donors (Lipinski definition) is 1. The highest BCUT2D eigenvalue weighted by Crippen LogP contribution is 2.33. The van der Waals surface area contributed by atoms with Gasteiger partial charge in [-0.3, -0.25) is 9.69 Å². The highest BCUT2D eigenvalue weighted by molar-refractivity contribution is 7.99. The summed E-state index contributed by atoms with van der Waals surface area (Å²) in [5.74, 6) is 7.61. The van der Waals surface area contributed by atoms with Gasteiger partial charge in [-0.25, -0.2) is 9.07 Å². The second-order valence-corrected chi connectivity index (χ2v) is 8.73. The quantitative estimate of drug-likeness (QED) is 0.431. The highest BCUT2D eigenvalue weighted by Gasteiger charge is 2.23. The van der Waals surface area contributed by atoms with E-state index in [0.29, 0.717) is 18.2 Å². The zero-order chi connectivity index (χ0) is 22.8. The van der Waals surface area contributed by atoms with Gasteiger partial charge in [0.1, 0.15) is 5.82 Å². The third-order valence-corrected chi connectivity index (χ3v) is 6.60. The van der Waals surface area contributed by atoms with Crippen LogP contribution in [0.25, 0.3) is 11.4 Å². The number of piperazine rings is 1. The number of nitrogens with two attached hydrogens (primary N) is 1. The largest absolute Gasteiger partial charge is 0.454 e. The van der Waals surface area contributed by atoms with Crippen molar-refractivity contribution in [1.29, 1.82) is 0 Å². The molecule has 0 spiro atoms. The fourth-order valence-corrected chi connectivity index (χ4v) is 4.63. The fraction of sp³-hybridized carbons (Fsp3) is 0.318. The van der Waals surface area contributed by atoms with E-state index in [4.69, 9.17) is 15.3 Å². The van der Waals surface area contributed by atoms with Crippen molar-refractivity contribution in [1.82, 2.24) is 24.7 Å². The van der Waals surface area contributed by atoms with Crippen molar-refractivity contribution in [3.63, 3.8) is 0 Å². The molecule has 1 saturated heterocycles. The minimum atomic E-state index is -0.428. The second-order valence-electron chi connectivity index (χ2n) is 7.79. The molecule has 0 aliphatic carbocycles. The maximum atomic E-state index is 14.0. The molecule has 1 fully saturated rings. The van der Waals surface area contributed by atoms with E-state index in [1.807, 2.05) is 23.1 Å². The molecule has 0 atom stereocenters. The molecule has 3 heterocycles. The Kier molecular flexibility index (Phi) is 6.05. The van der Waals surface area contributed by atoms with Crippen molar-refractivity contribution >= 4 is 17.7 Å². The molecular formula is C22H23FN6O3S. The van der Waals surface area contributed by atoms with Crippen LogP contribution >= 0.6 is 11.8 Å². The maximum absolute atomic E-state index is 14.0. The molecule has 11 heteroatoms. The topological polar surface area (TPSA) is 98.7 Å². The molecule has 2 aliphatic heterocycles. The van der Waals surface area contributed by atoms with Crippen molar-refractivity contribution < 1.29 is 18.7 Å². The van der Waals surface area contributed by atoms with Gasteiger partial charge in [0.15, 0.2) is 17.3 Å². The van der Waals surface area contributed by atoms with E-state index in [1.54, 1.807) is 18.2 Å². The number of hydrogen-bond acceptors (Lipinski definition) is 8. The van der Waals surface area contributed by atoms with Crippen LogP contribution in [0.5, 0.6) is 11.5 Å². The molecule has 3 aromatic rings. The molecule has 0 radical (unpaired) electrons. The van der Waals surface area contributed by atoms with E-state index in [9.17, 15) is 9.18 Å². The van der Waals surface area contributed by atoms with Gasteiger partial charge in [-0.05, 0) is 29.8 Å². The van der Waals surface area contributed by atoms with Gasteiger partial charge in [-0.2, -0.15) is 0 Å². The molecule has 172 valence electrons. The fourth-order valence-electron chi connectivity index (χ4n) is 3.87. The smallest absolute Gasteiger partial charge is 0.233 e. The van der Waals surface area contributed by atoms with Crippen LogP contribution in [0.1, 0.15) is 5.56 Å². The van der Waals surface area contributed by atoms with E-state index in [2.05, 4.69) is 15.1 Å². The summed E-state index contributed by atoms with van der Waals surface area (Å²) in [5.41, 5.74) is 1.42. The van der Waals surface area contributed by atoms with Gasteiger partial charge in [-0.1, -0.05) is 30.0 Å². The number of rotatable bonds is 6. The summed E-state index contributed by atoms with van der Waals surface area (Å²) in [7, 11) is 0. The number of fused-ring (bicyclic) bond motifs is 1. The van der Waals surface area contributed by atoms with Crippen LogP contribution in [-0.4, -0.2) is 69.3 Å². The van der Waals surface area contributed by atoms with Crippen molar-refractivity contribution in [3.05, 3.63) is 53.8 Å². The standard InChI is InChI=1S/C22H23FN6O3S/c23-17-4-2-1-3-16(17)21-25-26-22(29(21)24)33-13-20(30)28-9-7-27(8-10-28)12-15-5-6-18-19(11-15)32-14-31-18/h1-6,11H,7-10,12-14,24H2. The van der Waals surface area contributed by atoms with Crippen LogP contribution in [-0.2, 0) is 11.3 Å². The molecule has 9 nitrogen and oxygen atoms in total. The van der Waals surface area contributed by atoms with E-state index in [1.165, 1.54) is 22.5 Å². The molecule has 0 unspecified atom stereocenters. The minimum Gasteiger partial charge on any atom is -0.454 e. The molecule has 0 saturated carbocycles. The third-order valence-electron chi connectivity index (χ3n) is 5.67. The lowest BCUT2D eigenvalue weighted by atomic mass is 10.1. The molecule has 2 aromatic carbocycles. The van der Waals surface area contributed by atoms with Gasteiger partial charge in [-0.15, -0.1) is 10.2 Å². The van der Waals surface area contributed by atoms with E-state index in [0.717, 1.165) is 36.7 Å². The zero-order valence-electron chi connectivity index (χ0n) is 17.8. The number of aromatic nitrogens is 3. The lowest BCUT2D eigenvalue weighted by Crippen LogP contribution is -2.48. The van der Waals surface area contributed by atoms with Gasteiger partial charge >= 0.3 is 0 Å². The average molecular weight is 471 g/mol. The van der Waals surface area contributed by atoms with E-state index >= 15 is 0 Å². The Morgan fingerprint density at radius 1 is 1.06 bits per heavy atom. The number of carbonyl (C=O) groups excluding carboxylic acids is 1. The summed E-state index contributed by atoms with van der Waals surface area (Å²) in [6.07, 6.45) is 0. The molecule has 33 heavy (non-hydrogen) atoms. The Morgan fingerprint density at radius 2 is 1.85 bits per heavy atom. The van der Waals surface area contributed by atoms with Gasteiger partial charge in [0.25, 0.3) is 0 Å². The average Bonchev–Trinajstić information content (AvgIpc) is 3.44. The molecule has 1 aromatic heterocycles. The second kappa shape index (κ2) is 9.28. The van der Waals surface area contributed by atoms with E-state index < -0.39 is 5.82 Å². The highest BCUT2D eigenvalue weighted by atomic mass is 32.2. The van der Waals surface area contributed by atoms with Gasteiger partial charge in [0.2, 0.25) is 17.9 Å². The van der Waals surface area contributed by atoms with Crippen LogP contribution in [0.3, 0.4) is 0 Å². The number of ether oxygens (including phenoxy) is 2. The lowest BCUT2D eigenvalue weighted by molar-refractivity contribution is -0.130. The molecule has 0 bridgehead atoms. The number of nitrogens with zero attached hydrogens (tertiary/aromatic N) is 5. The molecule has 2 aliphatic rings. The van der Waals surface area contributed by atoms with Crippen LogP contribution in [0.4, 0.5) is 4.39 Å². The summed E-state index contributed by atoms with van der Waals surface area (Å²) < 4.78 is 26.1. The Morgan fingerprint density at radius 3 is 2.67 bits per heavy atom. The lowest BCUT2D eigenvalue weighted by Gasteiger charge is -2.34. The normalized spacial score (nSPS) is 15.7. The van der Waals surface area contributed by atoms with Crippen molar-refractivity contribution in [2.45, 2.75) is 11.7 Å².